The first kappa shape index (κ1) is 18.0. The van der Waals surface area contributed by atoms with Crippen LogP contribution in [0.1, 0.15) is 47.5 Å². The molecule has 0 aliphatic carbocycles. The zero-order valence-corrected chi connectivity index (χ0v) is 15.3. The Morgan fingerprint density at radius 2 is 1.65 bits per heavy atom. The molecule has 0 aromatic heterocycles. The van der Waals surface area contributed by atoms with E-state index in [2.05, 4.69) is 47.7 Å². The van der Waals surface area contributed by atoms with Crippen molar-refractivity contribution in [3.8, 4) is 0 Å². The van der Waals surface area contributed by atoms with E-state index >= 15 is 0 Å². The van der Waals surface area contributed by atoms with Gasteiger partial charge in [-0.3, -0.25) is 0 Å². The Labute approximate surface area is 126 Å². The molecule has 1 aliphatic heterocycles. The van der Waals surface area contributed by atoms with Gasteiger partial charge in [-0.2, -0.15) is 0 Å². The summed E-state index contributed by atoms with van der Waals surface area (Å²) in [6.45, 7) is 15.7. The molecule has 1 rings (SSSR count). The minimum absolute atomic E-state index is 0.260. The first-order valence-corrected chi connectivity index (χ1v) is 10.9. The Hall–Kier alpha value is -0.0982. The summed E-state index contributed by atoms with van der Waals surface area (Å²) in [6.07, 6.45) is 4.53. The minimum Gasteiger partial charge on any atom is -0.414 e. The van der Waals surface area contributed by atoms with Crippen LogP contribution in [0.25, 0.3) is 0 Å². The van der Waals surface area contributed by atoms with Gasteiger partial charge in [0.1, 0.15) is 0 Å². The monoisotopic (exact) mass is 298 g/mol. The van der Waals surface area contributed by atoms with E-state index in [4.69, 9.17) is 13.7 Å². The lowest BCUT2D eigenvalue weighted by molar-refractivity contribution is 0.00578. The second-order valence-electron chi connectivity index (χ2n) is 7.23. The predicted molar refractivity (Wildman–Crippen MR) is 88.4 cm³/mol. The van der Waals surface area contributed by atoms with Gasteiger partial charge < -0.3 is 13.7 Å². The van der Waals surface area contributed by atoms with Crippen molar-refractivity contribution in [2.75, 3.05) is 6.61 Å². The van der Waals surface area contributed by atoms with Gasteiger partial charge in [-0.1, -0.05) is 31.8 Å². The normalized spacial score (nSPS) is 21.9. The topological polar surface area (TPSA) is 27.7 Å². The van der Waals surface area contributed by atoms with Crippen molar-refractivity contribution in [1.82, 2.24) is 0 Å². The maximum absolute atomic E-state index is 6.04. The molecule has 0 N–H and O–H groups in total. The van der Waals surface area contributed by atoms with E-state index in [-0.39, 0.29) is 18.3 Å². The minimum atomic E-state index is -1.49. The van der Waals surface area contributed by atoms with Gasteiger partial charge in [-0.15, -0.1) is 0 Å². The van der Waals surface area contributed by atoms with Crippen LogP contribution in [0.3, 0.4) is 0 Å². The highest BCUT2D eigenvalue weighted by atomic mass is 28.4. The fourth-order valence-electron chi connectivity index (χ4n) is 2.08. The molecule has 0 bridgehead atoms. The van der Waals surface area contributed by atoms with Crippen LogP contribution < -0.4 is 0 Å². The molecule has 0 aromatic carbocycles. The second-order valence-corrected chi connectivity index (χ2v) is 11.5. The van der Waals surface area contributed by atoms with Gasteiger partial charge in [0.25, 0.3) is 0 Å². The van der Waals surface area contributed by atoms with E-state index in [1.165, 1.54) is 18.9 Å². The molecule has 3 nitrogen and oxygen atoms in total. The Balaban J connectivity index is 2.36. The molecule has 0 unspecified atom stereocenters. The van der Waals surface area contributed by atoms with Crippen LogP contribution in [0.4, 0.5) is 0 Å². The molecule has 0 amide bonds. The molecular formula is C15H31BO3Si. The Bertz CT molecular complexity index is 324. The molecule has 0 saturated carbocycles. The van der Waals surface area contributed by atoms with Crippen LogP contribution >= 0.6 is 0 Å². The quantitative estimate of drug-likeness (QED) is 0.659. The molecule has 1 fully saturated rings. The van der Waals surface area contributed by atoms with E-state index in [1.807, 2.05) is 12.1 Å². The summed E-state index contributed by atoms with van der Waals surface area (Å²) in [5.41, 5.74) is -0.532. The summed E-state index contributed by atoms with van der Waals surface area (Å²) < 4.78 is 17.9. The van der Waals surface area contributed by atoms with Crippen molar-refractivity contribution in [1.29, 1.82) is 0 Å². The Morgan fingerprint density at radius 1 is 1.10 bits per heavy atom. The Morgan fingerprint density at radius 3 is 2.15 bits per heavy atom. The number of hydrogen-bond donors (Lipinski definition) is 0. The third kappa shape index (κ3) is 5.02. The average Bonchev–Trinajstić information content (AvgIpc) is 2.51. The predicted octanol–water partition coefficient (Wildman–Crippen LogP) is 4.20. The molecule has 1 heterocycles. The van der Waals surface area contributed by atoms with Crippen LogP contribution in [-0.4, -0.2) is 33.2 Å². The summed E-state index contributed by atoms with van der Waals surface area (Å²) in [5, 5.41) is 0. The van der Waals surface area contributed by atoms with Gasteiger partial charge in [0, 0.05) is 0 Å². The summed E-state index contributed by atoms with van der Waals surface area (Å²) >= 11 is 0. The van der Waals surface area contributed by atoms with Gasteiger partial charge >= 0.3 is 7.12 Å². The van der Waals surface area contributed by atoms with Crippen LogP contribution in [-0.2, 0) is 13.7 Å². The van der Waals surface area contributed by atoms with Crippen LogP contribution in [0.15, 0.2) is 12.1 Å². The van der Waals surface area contributed by atoms with Crippen LogP contribution in [0.2, 0.25) is 19.1 Å². The molecule has 0 aromatic rings. The third-order valence-electron chi connectivity index (χ3n) is 4.27. The van der Waals surface area contributed by atoms with E-state index in [9.17, 15) is 0 Å². The van der Waals surface area contributed by atoms with Crippen molar-refractivity contribution in [2.45, 2.75) is 77.8 Å². The molecule has 0 spiro atoms. The molecular weight excluding hydrogens is 267 g/mol. The lowest BCUT2D eigenvalue weighted by atomic mass is 9.90. The van der Waals surface area contributed by atoms with Crippen molar-refractivity contribution in [3.63, 3.8) is 0 Å². The van der Waals surface area contributed by atoms with Gasteiger partial charge in [0.05, 0.1) is 17.8 Å². The zero-order chi connectivity index (χ0) is 15.4. The molecule has 20 heavy (non-hydrogen) atoms. The highest BCUT2D eigenvalue weighted by molar-refractivity contribution is 6.71. The highest BCUT2D eigenvalue weighted by Crippen LogP contribution is 2.36. The lowest BCUT2D eigenvalue weighted by Gasteiger charge is -2.32. The first-order valence-electron chi connectivity index (χ1n) is 7.76. The second kappa shape index (κ2) is 6.77. The molecule has 5 heteroatoms. The standard InChI is InChI=1S/C15H31BO3Si/c1-8-9-13-20(6,7)17-12-10-11-16-18-14(2,3)15(4,5)19-16/h10-11H,8-9,12-13H2,1-7H3/b11-10+. The fraction of sp³-hybridized carbons (Fsp3) is 0.867. The zero-order valence-electron chi connectivity index (χ0n) is 14.3. The fourth-order valence-corrected chi connectivity index (χ4v) is 3.98. The average molecular weight is 298 g/mol. The largest absolute Gasteiger partial charge is 0.486 e. The third-order valence-corrected chi connectivity index (χ3v) is 6.77. The Kier molecular flexibility index (Phi) is 6.08. The smallest absolute Gasteiger partial charge is 0.414 e. The van der Waals surface area contributed by atoms with Gasteiger partial charge in [-0.25, -0.2) is 0 Å². The van der Waals surface area contributed by atoms with Gasteiger partial charge in [0.15, 0.2) is 8.32 Å². The van der Waals surface area contributed by atoms with Crippen molar-refractivity contribution < 1.29 is 13.7 Å². The van der Waals surface area contributed by atoms with Gasteiger partial charge in [0.2, 0.25) is 0 Å². The number of rotatable bonds is 7. The van der Waals surface area contributed by atoms with Gasteiger partial charge in [-0.05, 0) is 46.8 Å². The molecule has 0 atom stereocenters. The van der Waals surface area contributed by atoms with E-state index in [0.29, 0.717) is 6.61 Å². The maximum Gasteiger partial charge on any atom is 0.486 e. The molecule has 1 aliphatic rings. The molecule has 1 saturated heterocycles. The van der Waals surface area contributed by atoms with Crippen molar-refractivity contribution in [2.24, 2.45) is 0 Å². The summed E-state index contributed by atoms with van der Waals surface area (Å²) in [6, 6.07) is 1.23. The highest BCUT2D eigenvalue weighted by Gasteiger charge is 2.49. The summed E-state index contributed by atoms with van der Waals surface area (Å²) in [4.78, 5) is 0. The van der Waals surface area contributed by atoms with Crippen LogP contribution in [0, 0.1) is 0 Å². The van der Waals surface area contributed by atoms with E-state index < -0.39 is 8.32 Å². The molecule has 116 valence electrons. The summed E-state index contributed by atoms with van der Waals surface area (Å²) in [7, 11) is -1.75. The van der Waals surface area contributed by atoms with E-state index in [0.717, 1.165) is 0 Å². The SMILES string of the molecule is CCCC[Si](C)(C)OC/C=C/B1OC(C)(C)C(C)(C)O1. The lowest BCUT2D eigenvalue weighted by Crippen LogP contribution is -2.41. The maximum atomic E-state index is 6.04. The molecule has 0 radical (unpaired) electrons. The number of unbranched alkanes of at least 4 members (excludes halogenated alkanes) is 1. The summed E-state index contributed by atoms with van der Waals surface area (Å²) in [5.74, 6) is 1.97. The van der Waals surface area contributed by atoms with Crippen LogP contribution in [0.5, 0.6) is 0 Å². The van der Waals surface area contributed by atoms with Crippen molar-refractivity contribution in [3.05, 3.63) is 12.1 Å². The first-order chi connectivity index (χ1) is 9.10. The number of hydrogen-bond acceptors (Lipinski definition) is 3. The van der Waals surface area contributed by atoms with Crippen molar-refractivity contribution >= 4 is 15.4 Å². The van der Waals surface area contributed by atoms with E-state index in [1.54, 1.807) is 0 Å².